The van der Waals surface area contributed by atoms with Crippen LogP contribution in [0.1, 0.15) is 49.1 Å². The number of hydrogen-bond donors (Lipinski definition) is 1. The van der Waals surface area contributed by atoms with Gasteiger partial charge >= 0.3 is 0 Å². The average molecular weight is 292 g/mol. The summed E-state index contributed by atoms with van der Waals surface area (Å²) in [6, 6.07) is 2.67. The first-order valence-electron chi connectivity index (χ1n) is 7.33. The summed E-state index contributed by atoms with van der Waals surface area (Å²) in [4.78, 5) is 4.47. The first-order valence-corrected chi connectivity index (χ1v) is 8.21. The van der Waals surface area contributed by atoms with Crippen molar-refractivity contribution in [3.05, 3.63) is 34.0 Å². The van der Waals surface area contributed by atoms with E-state index in [1.807, 2.05) is 6.92 Å². The zero-order chi connectivity index (χ0) is 14.5. The first kappa shape index (κ1) is 15.2. The molecular weight excluding hydrogens is 268 g/mol. The largest absolute Gasteiger partial charge is 0.327 e. The highest BCUT2D eigenvalue weighted by atomic mass is 32.1. The summed E-state index contributed by atoms with van der Waals surface area (Å²) in [7, 11) is 0. The molecule has 0 bridgehead atoms. The van der Waals surface area contributed by atoms with Crippen molar-refractivity contribution in [2.45, 2.75) is 58.5 Å². The van der Waals surface area contributed by atoms with Gasteiger partial charge in [0.25, 0.3) is 0 Å². The average Bonchev–Trinajstić information content (AvgIpc) is 3.01. The van der Waals surface area contributed by atoms with E-state index in [0.717, 1.165) is 42.1 Å². The molecule has 1 unspecified atom stereocenters. The van der Waals surface area contributed by atoms with Crippen molar-refractivity contribution in [2.24, 2.45) is 5.73 Å². The van der Waals surface area contributed by atoms with Gasteiger partial charge in [-0.2, -0.15) is 5.10 Å². The predicted molar refractivity (Wildman–Crippen MR) is 84.1 cm³/mol. The molecule has 2 heterocycles. The summed E-state index contributed by atoms with van der Waals surface area (Å²) in [5, 5.41) is 7.86. The van der Waals surface area contributed by atoms with Crippen LogP contribution in [0.5, 0.6) is 0 Å². The Balaban J connectivity index is 1.92. The summed E-state index contributed by atoms with van der Waals surface area (Å²) in [6.07, 6.45) is 5.93. The van der Waals surface area contributed by atoms with Gasteiger partial charge in [-0.1, -0.05) is 13.8 Å². The molecule has 0 amide bonds. The normalized spacial score (nSPS) is 13.1. The highest BCUT2D eigenvalue weighted by Gasteiger charge is 2.12. The number of thiazole rings is 1. The van der Waals surface area contributed by atoms with E-state index in [2.05, 4.69) is 46.3 Å². The van der Waals surface area contributed by atoms with E-state index in [4.69, 9.17) is 5.73 Å². The molecule has 1 atom stereocenters. The third-order valence-corrected chi connectivity index (χ3v) is 4.41. The van der Waals surface area contributed by atoms with E-state index >= 15 is 0 Å². The minimum absolute atomic E-state index is 0.0848. The zero-order valence-corrected chi connectivity index (χ0v) is 13.4. The molecule has 0 aromatic carbocycles. The maximum atomic E-state index is 6.21. The van der Waals surface area contributed by atoms with Crippen LogP contribution in [0.25, 0.3) is 0 Å². The van der Waals surface area contributed by atoms with Crippen molar-refractivity contribution in [2.75, 3.05) is 0 Å². The quantitative estimate of drug-likeness (QED) is 0.853. The topological polar surface area (TPSA) is 56.7 Å². The standard InChI is InChI=1S/C15H24N4S/c1-4-15(5-2)19-7-6-13(18-19)8-12(16)9-14-10-20-11(3)17-14/h6-7,10,12,15H,4-5,8-9,16H2,1-3H3. The van der Waals surface area contributed by atoms with Gasteiger partial charge in [-0.3, -0.25) is 4.68 Å². The van der Waals surface area contributed by atoms with Crippen LogP contribution in [-0.2, 0) is 12.8 Å². The molecule has 20 heavy (non-hydrogen) atoms. The lowest BCUT2D eigenvalue weighted by molar-refractivity contribution is 0.424. The SMILES string of the molecule is CCC(CC)n1ccc(CC(N)Cc2csc(C)n2)n1. The van der Waals surface area contributed by atoms with Gasteiger partial charge in [0.2, 0.25) is 0 Å². The number of nitrogens with zero attached hydrogens (tertiary/aromatic N) is 3. The van der Waals surface area contributed by atoms with Crippen molar-refractivity contribution >= 4 is 11.3 Å². The van der Waals surface area contributed by atoms with Crippen LogP contribution in [0.15, 0.2) is 17.6 Å². The van der Waals surface area contributed by atoms with Gasteiger partial charge in [0.15, 0.2) is 0 Å². The van der Waals surface area contributed by atoms with Crippen molar-refractivity contribution in [3.63, 3.8) is 0 Å². The summed E-state index contributed by atoms with van der Waals surface area (Å²) in [5.41, 5.74) is 8.39. The Kier molecular flexibility index (Phi) is 5.31. The molecule has 110 valence electrons. The Morgan fingerprint density at radius 1 is 1.25 bits per heavy atom. The third-order valence-electron chi connectivity index (χ3n) is 3.59. The summed E-state index contributed by atoms with van der Waals surface area (Å²) >= 11 is 1.68. The molecule has 0 spiro atoms. The number of hydrogen-bond acceptors (Lipinski definition) is 4. The minimum Gasteiger partial charge on any atom is -0.327 e. The van der Waals surface area contributed by atoms with Gasteiger partial charge in [0.1, 0.15) is 0 Å². The summed E-state index contributed by atoms with van der Waals surface area (Å²) < 4.78 is 2.08. The molecule has 0 radical (unpaired) electrons. The summed E-state index contributed by atoms with van der Waals surface area (Å²) in [5.74, 6) is 0. The Morgan fingerprint density at radius 2 is 1.95 bits per heavy atom. The van der Waals surface area contributed by atoms with Gasteiger partial charge in [-0.05, 0) is 25.8 Å². The van der Waals surface area contributed by atoms with E-state index in [1.165, 1.54) is 0 Å². The number of aromatic nitrogens is 3. The highest BCUT2D eigenvalue weighted by Crippen LogP contribution is 2.15. The first-order chi connectivity index (χ1) is 9.62. The lowest BCUT2D eigenvalue weighted by Gasteiger charge is -2.13. The van der Waals surface area contributed by atoms with Crippen molar-refractivity contribution in [1.29, 1.82) is 0 Å². The number of nitrogens with two attached hydrogens (primary N) is 1. The van der Waals surface area contributed by atoms with Gasteiger partial charge in [0, 0.05) is 30.5 Å². The summed E-state index contributed by atoms with van der Waals surface area (Å²) in [6.45, 7) is 6.43. The molecule has 0 saturated heterocycles. The molecule has 2 N–H and O–H groups in total. The molecule has 0 saturated carbocycles. The Bertz CT molecular complexity index is 527. The monoisotopic (exact) mass is 292 g/mol. The van der Waals surface area contributed by atoms with E-state index in [-0.39, 0.29) is 6.04 Å². The second kappa shape index (κ2) is 6.99. The van der Waals surface area contributed by atoms with E-state index in [9.17, 15) is 0 Å². The van der Waals surface area contributed by atoms with Crippen LogP contribution < -0.4 is 5.73 Å². The molecular formula is C15H24N4S. The molecule has 0 aliphatic heterocycles. The second-order valence-electron chi connectivity index (χ2n) is 5.28. The van der Waals surface area contributed by atoms with Gasteiger partial charge in [-0.15, -0.1) is 11.3 Å². The van der Waals surface area contributed by atoms with E-state index < -0.39 is 0 Å². The van der Waals surface area contributed by atoms with Crippen LogP contribution in [0, 0.1) is 6.92 Å². The van der Waals surface area contributed by atoms with Crippen LogP contribution in [0.2, 0.25) is 0 Å². The zero-order valence-electron chi connectivity index (χ0n) is 12.5. The lowest BCUT2D eigenvalue weighted by Crippen LogP contribution is -2.26. The van der Waals surface area contributed by atoms with Crippen molar-refractivity contribution in [1.82, 2.24) is 14.8 Å². The molecule has 0 fully saturated rings. The number of rotatable bonds is 7. The van der Waals surface area contributed by atoms with Crippen LogP contribution in [-0.4, -0.2) is 20.8 Å². The maximum Gasteiger partial charge on any atom is 0.0897 e. The Hall–Kier alpha value is -1.20. The molecule has 2 aromatic rings. The molecule has 5 heteroatoms. The lowest BCUT2D eigenvalue weighted by atomic mass is 10.1. The fourth-order valence-corrected chi connectivity index (χ4v) is 3.09. The molecule has 2 aromatic heterocycles. The molecule has 4 nitrogen and oxygen atoms in total. The van der Waals surface area contributed by atoms with E-state index in [1.54, 1.807) is 11.3 Å². The van der Waals surface area contributed by atoms with E-state index in [0.29, 0.717) is 6.04 Å². The molecule has 0 aliphatic carbocycles. The smallest absolute Gasteiger partial charge is 0.0897 e. The van der Waals surface area contributed by atoms with Crippen LogP contribution in [0.3, 0.4) is 0 Å². The maximum absolute atomic E-state index is 6.21. The third kappa shape index (κ3) is 3.90. The highest BCUT2D eigenvalue weighted by molar-refractivity contribution is 7.09. The van der Waals surface area contributed by atoms with Gasteiger partial charge in [-0.25, -0.2) is 4.98 Å². The van der Waals surface area contributed by atoms with Crippen molar-refractivity contribution < 1.29 is 0 Å². The molecule has 2 rings (SSSR count). The second-order valence-corrected chi connectivity index (χ2v) is 6.35. The Labute approximate surface area is 125 Å². The predicted octanol–water partition coefficient (Wildman–Crippen LogP) is 3.12. The van der Waals surface area contributed by atoms with Gasteiger partial charge < -0.3 is 5.73 Å². The fraction of sp³-hybridized carbons (Fsp3) is 0.600. The number of aryl methyl sites for hydroxylation is 1. The Morgan fingerprint density at radius 3 is 2.55 bits per heavy atom. The van der Waals surface area contributed by atoms with Crippen LogP contribution in [0.4, 0.5) is 0 Å². The molecule has 0 aliphatic rings. The van der Waals surface area contributed by atoms with Gasteiger partial charge in [0.05, 0.1) is 22.4 Å². The fourth-order valence-electron chi connectivity index (χ4n) is 2.46. The van der Waals surface area contributed by atoms with Crippen molar-refractivity contribution in [3.8, 4) is 0 Å². The minimum atomic E-state index is 0.0848. The van der Waals surface area contributed by atoms with Crippen LogP contribution >= 0.6 is 11.3 Å².